The van der Waals surface area contributed by atoms with Crippen LogP contribution in [0.15, 0.2) is 18.3 Å². The Balaban J connectivity index is 1.94. The van der Waals surface area contributed by atoms with Gasteiger partial charge in [0, 0.05) is 18.3 Å². The van der Waals surface area contributed by atoms with Crippen LogP contribution in [-0.4, -0.2) is 11.1 Å². The number of hydrogen-bond acceptors (Lipinski definition) is 3. The number of rotatable bonds is 3. The second-order valence-corrected chi connectivity index (χ2v) is 5.23. The molecule has 2 rings (SSSR count). The molecule has 0 aromatic carbocycles. The summed E-state index contributed by atoms with van der Waals surface area (Å²) in [5, 5.41) is 0. The van der Waals surface area contributed by atoms with Gasteiger partial charge < -0.3 is 10.5 Å². The molecule has 0 saturated heterocycles. The summed E-state index contributed by atoms with van der Waals surface area (Å²) in [4.78, 5) is 4.32. The van der Waals surface area contributed by atoms with Gasteiger partial charge in [-0.05, 0) is 37.7 Å². The maximum atomic E-state index is 5.91. The number of pyridine rings is 1. The van der Waals surface area contributed by atoms with Gasteiger partial charge in [0.25, 0.3) is 0 Å². The van der Waals surface area contributed by atoms with E-state index in [-0.39, 0.29) is 6.04 Å². The molecule has 1 aromatic rings. The Labute approximate surface area is 103 Å². The molecule has 0 bridgehead atoms. The highest BCUT2D eigenvalue weighted by molar-refractivity contribution is 5.20. The third-order valence-corrected chi connectivity index (χ3v) is 3.46. The van der Waals surface area contributed by atoms with Crippen LogP contribution >= 0.6 is 0 Å². The van der Waals surface area contributed by atoms with E-state index < -0.39 is 0 Å². The Morgan fingerprint density at radius 2 is 2.24 bits per heavy atom. The van der Waals surface area contributed by atoms with Gasteiger partial charge in [-0.25, -0.2) is 4.98 Å². The molecule has 2 N–H and O–H groups in total. The summed E-state index contributed by atoms with van der Waals surface area (Å²) in [6, 6.07) is 3.96. The fourth-order valence-electron chi connectivity index (χ4n) is 2.39. The molecule has 0 spiro atoms. The Morgan fingerprint density at radius 3 is 2.82 bits per heavy atom. The van der Waals surface area contributed by atoms with Crippen molar-refractivity contribution in [3.05, 3.63) is 23.9 Å². The van der Waals surface area contributed by atoms with Crippen molar-refractivity contribution in [3.8, 4) is 5.88 Å². The topological polar surface area (TPSA) is 48.1 Å². The minimum atomic E-state index is 0.0336. The molecule has 0 amide bonds. The van der Waals surface area contributed by atoms with Crippen molar-refractivity contribution < 1.29 is 4.74 Å². The van der Waals surface area contributed by atoms with Gasteiger partial charge in [0.1, 0.15) is 6.10 Å². The SMILES string of the molecule is CC1CCCC(Oc2ccc([C@H](C)N)cn2)C1. The van der Waals surface area contributed by atoms with Crippen molar-refractivity contribution >= 4 is 0 Å². The molecule has 0 aliphatic heterocycles. The quantitative estimate of drug-likeness (QED) is 0.874. The van der Waals surface area contributed by atoms with Gasteiger partial charge >= 0.3 is 0 Å². The number of aromatic nitrogens is 1. The first kappa shape index (κ1) is 12.4. The summed E-state index contributed by atoms with van der Waals surface area (Å²) < 4.78 is 5.91. The molecule has 3 heteroatoms. The first-order chi connectivity index (χ1) is 8.15. The molecule has 3 atom stereocenters. The number of ether oxygens (including phenoxy) is 1. The van der Waals surface area contributed by atoms with E-state index in [1.165, 1.54) is 12.8 Å². The van der Waals surface area contributed by atoms with Crippen LogP contribution in [0, 0.1) is 5.92 Å². The molecular weight excluding hydrogens is 212 g/mol. The van der Waals surface area contributed by atoms with Crippen molar-refractivity contribution in [1.29, 1.82) is 0 Å². The highest BCUT2D eigenvalue weighted by atomic mass is 16.5. The summed E-state index contributed by atoms with van der Waals surface area (Å²) in [6.07, 6.45) is 7.05. The van der Waals surface area contributed by atoms with Crippen LogP contribution in [0.2, 0.25) is 0 Å². The lowest BCUT2D eigenvalue weighted by atomic mass is 9.89. The highest BCUT2D eigenvalue weighted by Crippen LogP contribution is 2.26. The Bertz CT molecular complexity index is 348. The van der Waals surface area contributed by atoms with Crippen LogP contribution in [0.4, 0.5) is 0 Å². The van der Waals surface area contributed by atoms with Crippen LogP contribution in [0.25, 0.3) is 0 Å². The van der Waals surface area contributed by atoms with E-state index in [1.54, 1.807) is 0 Å². The first-order valence-corrected chi connectivity index (χ1v) is 6.53. The van der Waals surface area contributed by atoms with Crippen LogP contribution in [0.5, 0.6) is 5.88 Å². The molecule has 1 saturated carbocycles. The fourth-order valence-corrected chi connectivity index (χ4v) is 2.39. The Hall–Kier alpha value is -1.09. The van der Waals surface area contributed by atoms with E-state index in [2.05, 4.69) is 11.9 Å². The lowest BCUT2D eigenvalue weighted by Crippen LogP contribution is -2.24. The van der Waals surface area contributed by atoms with Crippen molar-refractivity contribution in [2.45, 2.75) is 51.7 Å². The maximum absolute atomic E-state index is 5.91. The van der Waals surface area contributed by atoms with E-state index >= 15 is 0 Å². The van der Waals surface area contributed by atoms with E-state index in [4.69, 9.17) is 10.5 Å². The predicted octanol–water partition coefficient (Wildman–Crippen LogP) is 3.06. The summed E-state index contributed by atoms with van der Waals surface area (Å²) in [6.45, 7) is 4.25. The highest BCUT2D eigenvalue weighted by Gasteiger charge is 2.20. The molecule has 0 radical (unpaired) electrons. The van der Waals surface area contributed by atoms with Gasteiger partial charge in [0.2, 0.25) is 5.88 Å². The zero-order valence-electron chi connectivity index (χ0n) is 10.7. The largest absolute Gasteiger partial charge is 0.474 e. The zero-order chi connectivity index (χ0) is 12.3. The van der Waals surface area contributed by atoms with Gasteiger partial charge in [-0.1, -0.05) is 19.4 Å². The molecule has 1 fully saturated rings. The van der Waals surface area contributed by atoms with Gasteiger partial charge in [0.15, 0.2) is 0 Å². The monoisotopic (exact) mass is 234 g/mol. The van der Waals surface area contributed by atoms with Gasteiger partial charge in [-0.2, -0.15) is 0 Å². The van der Waals surface area contributed by atoms with Crippen LogP contribution < -0.4 is 10.5 Å². The van der Waals surface area contributed by atoms with E-state index in [0.717, 1.165) is 30.2 Å². The van der Waals surface area contributed by atoms with Gasteiger partial charge in [-0.3, -0.25) is 0 Å². The average Bonchev–Trinajstić information content (AvgIpc) is 2.29. The minimum absolute atomic E-state index is 0.0336. The lowest BCUT2D eigenvalue weighted by molar-refractivity contribution is 0.124. The number of hydrogen-bond donors (Lipinski definition) is 1. The molecule has 1 aliphatic carbocycles. The standard InChI is InChI=1S/C14H22N2O/c1-10-4-3-5-13(8-10)17-14-7-6-12(9-16-14)11(2)15/h6-7,9-11,13H,3-5,8,15H2,1-2H3/t10?,11-,13?/m0/s1. The smallest absolute Gasteiger partial charge is 0.213 e. The Kier molecular flexibility index (Phi) is 4.00. The fraction of sp³-hybridized carbons (Fsp3) is 0.643. The normalized spacial score (nSPS) is 26.5. The number of nitrogens with zero attached hydrogens (tertiary/aromatic N) is 1. The summed E-state index contributed by atoms with van der Waals surface area (Å²) >= 11 is 0. The third kappa shape index (κ3) is 3.43. The van der Waals surface area contributed by atoms with Crippen LogP contribution in [0.1, 0.15) is 51.1 Å². The second-order valence-electron chi connectivity index (χ2n) is 5.23. The molecule has 1 aliphatic rings. The zero-order valence-corrected chi connectivity index (χ0v) is 10.7. The molecule has 3 nitrogen and oxygen atoms in total. The van der Waals surface area contributed by atoms with Gasteiger partial charge in [0.05, 0.1) is 0 Å². The molecule has 1 aromatic heterocycles. The Morgan fingerprint density at radius 1 is 1.41 bits per heavy atom. The molecule has 94 valence electrons. The predicted molar refractivity (Wildman–Crippen MR) is 68.9 cm³/mol. The van der Waals surface area contributed by atoms with E-state index in [0.29, 0.717) is 6.10 Å². The lowest BCUT2D eigenvalue weighted by Gasteiger charge is -2.26. The average molecular weight is 234 g/mol. The minimum Gasteiger partial charge on any atom is -0.474 e. The summed E-state index contributed by atoms with van der Waals surface area (Å²) in [5.41, 5.74) is 6.84. The van der Waals surface area contributed by atoms with Crippen LogP contribution in [0.3, 0.4) is 0 Å². The van der Waals surface area contributed by atoms with Crippen molar-refractivity contribution in [3.63, 3.8) is 0 Å². The first-order valence-electron chi connectivity index (χ1n) is 6.53. The van der Waals surface area contributed by atoms with Gasteiger partial charge in [-0.15, -0.1) is 0 Å². The van der Waals surface area contributed by atoms with Crippen molar-refractivity contribution in [2.75, 3.05) is 0 Å². The maximum Gasteiger partial charge on any atom is 0.213 e. The van der Waals surface area contributed by atoms with E-state index in [1.807, 2.05) is 25.3 Å². The van der Waals surface area contributed by atoms with Crippen molar-refractivity contribution in [1.82, 2.24) is 4.98 Å². The van der Waals surface area contributed by atoms with E-state index in [9.17, 15) is 0 Å². The number of nitrogens with two attached hydrogens (primary N) is 1. The molecule has 17 heavy (non-hydrogen) atoms. The van der Waals surface area contributed by atoms with Crippen molar-refractivity contribution in [2.24, 2.45) is 11.7 Å². The second kappa shape index (κ2) is 5.50. The molecular formula is C14H22N2O. The molecule has 1 heterocycles. The van der Waals surface area contributed by atoms with Crippen LogP contribution in [-0.2, 0) is 0 Å². The summed E-state index contributed by atoms with van der Waals surface area (Å²) in [5.74, 6) is 1.51. The molecule has 2 unspecified atom stereocenters. The summed E-state index contributed by atoms with van der Waals surface area (Å²) in [7, 11) is 0. The third-order valence-electron chi connectivity index (χ3n) is 3.46.